The lowest BCUT2D eigenvalue weighted by Crippen LogP contribution is -2.42. The molecule has 0 spiro atoms. The Bertz CT molecular complexity index is 240. The first-order valence-corrected chi connectivity index (χ1v) is 7.75. The average molecular weight is 255 g/mol. The van der Waals surface area contributed by atoms with Gasteiger partial charge in [-0.05, 0) is 56.5 Å². The fourth-order valence-corrected chi connectivity index (χ4v) is 3.07. The van der Waals surface area contributed by atoms with Crippen molar-refractivity contribution >= 4 is 0 Å². The van der Waals surface area contributed by atoms with E-state index in [0.29, 0.717) is 5.41 Å². The fourth-order valence-electron chi connectivity index (χ4n) is 3.07. The van der Waals surface area contributed by atoms with Gasteiger partial charge in [0.15, 0.2) is 0 Å². The highest BCUT2D eigenvalue weighted by atomic mass is 16.3. The van der Waals surface area contributed by atoms with E-state index in [1.54, 1.807) is 0 Å². The summed E-state index contributed by atoms with van der Waals surface area (Å²) in [5.41, 5.74) is -0.0383. The van der Waals surface area contributed by atoms with Crippen LogP contribution in [0.3, 0.4) is 0 Å². The second kappa shape index (κ2) is 6.38. The maximum atomic E-state index is 10.5. The minimum absolute atomic E-state index is 0.432. The lowest BCUT2D eigenvalue weighted by molar-refractivity contribution is -0.00307. The van der Waals surface area contributed by atoms with Crippen LogP contribution in [0.25, 0.3) is 0 Å². The van der Waals surface area contributed by atoms with Gasteiger partial charge in [-0.3, -0.25) is 0 Å². The quantitative estimate of drug-likeness (QED) is 0.828. The second-order valence-corrected chi connectivity index (χ2v) is 7.20. The van der Waals surface area contributed by atoms with Crippen molar-refractivity contribution in [1.29, 1.82) is 0 Å². The molecule has 1 N–H and O–H groups in total. The summed E-state index contributed by atoms with van der Waals surface area (Å²) in [5, 5.41) is 10.5. The van der Waals surface area contributed by atoms with Crippen LogP contribution in [-0.4, -0.2) is 35.2 Å². The Morgan fingerprint density at radius 1 is 1.06 bits per heavy atom. The summed E-state index contributed by atoms with van der Waals surface area (Å²) in [6.45, 7) is 14.5. The van der Waals surface area contributed by atoms with Crippen molar-refractivity contribution in [2.45, 2.75) is 72.3 Å². The maximum Gasteiger partial charge on any atom is 0.0768 e. The zero-order chi connectivity index (χ0) is 13.8. The number of rotatable bonds is 4. The topological polar surface area (TPSA) is 23.5 Å². The molecule has 1 unspecified atom stereocenters. The number of hydrogen-bond acceptors (Lipinski definition) is 2. The van der Waals surface area contributed by atoms with E-state index in [1.807, 2.05) is 0 Å². The third-order valence-corrected chi connectivity index (χ3v) is 4.88. The van der Waals surface area contributed by atoms with Crippen LogP contribution in [-0.2, 0) is 0 Å². The average Bonchev–Trinajstić information content (AvgIpc) is 2.54. The van der Waals surface area contributed by atoms with E-state index >= 15 is 0 Å². The van der Waals surface area contributed by atoms with Gasteiger partial charge in [0.05, 0.1) is 5.60 Å². The molecule has 1 aliphatic heterocycles. The van der Waals surface area contributed by atoms with Crippen molar-refractivity contribution in [3.63, 3.8) is 0 Å². The summed E-state index contributed by atoms with van der Waals surface area (Å²) in [7, 11) is 0. The molecule has 0 saturated carbocycles. The zero-order valence-corrected chi connectivity index (χ0v) is 13.1. The van der Waals surface area contributed by atoms with E-state index < -0.39 is 5.60 Å². The lowest BCUT2D eigenvalue weighted by Gasteiger charge is -2.33. The van der Waals surface area contributed by atoms with Crippen LogP contribution < -0.4 is 0 Å². The zero-order valence-electron chi connectivity index (χ0n) is 13.1. The van der Waals surface area contributed by atoms with E-state index in [4.69, 9.17) is 0 Å². The first-order valence-electron chi connectivity index (χ1n) is 7.75. The standard InChI is InChI=1S/C16H33NO/c1-6-16(18,7-2)13-17-11-8-9-14(10-12-17)15(3,4)5/h14,18H,6-13H2,1-5H3. The van der Waals surface area contributed by atoms with Gasteiger partial charge in [-0.15, -0.1) is 0 Å². The van der Waals surface area contributed by atoms with E-state index in [-0.39, 0.29) is 0 Å². The van der Waals surface area contributed by atoms with Crippen LogP contribution >= 0.6 is 0 Å². The van der Waals surface area contributed by atoms with Gasteiger partial charge >= 0.3 is 0 Å². The van der Waals surface area contributed by atoms with Gasteiger partial charge in [0.1, 0.15) is 0 Å². The minimum Gasteiger partial charge on any atom is -0.389 e. The molecule has 108 valence electrons. The Labute approximate surface area is 114 Å². The van der Waals surface area contributed by atoms with Crippen LogP contribution in [0.4, 0.5) is 0 Å². The van der Waals surface area contributed by atoms with Crippen molar-refractivity contribution < 1.29 is 5.11 Å². The number of hydrogen-bond donors (Lipinski definition) is 1. The van der Waals surface area contributed by atoms with Crippen molar-refractivity contribution in [2.24, 2.45) is 11.3 Å². The molecule has 1 aliphatic rings. The van der Waals surface area contributed by atoms with Crippen molar-refractivity contribution in [2.75, 3.05) is 19.6 Å². The van der Waals surface area contributed by atoms with Gasteiger partial charge in [0.2, 0.25) is 0 Å². The highest BCUT2D eigenvalue weighted by molar-refractivity contribution is 4.83. The van der Waals surface area contributed by atoms with Crippen LogP contribution in [0.5, 0.6) is 0 Å². The Balaban J connectivity index is 2.52. The molecule has 1 heterocycles. The monoisotopic (exact) mass is 255 g/mol. The van der Waals surface area contributed by atoms with Gasteiger partial charge in [-0.2, -0.15) is 0 Å². The molecular formula is C16H33NO. The molecule has 18 heavy (non-hydrogen) atoms. The third kappa shape index (κ3) is 4.55. The molecule has 1 rings (SSSR count). The molecule has 1 saturated heterocycles. The number of likely N-dealkylation sites (tertiary alicyclic amines) is 1. The van der Waals surface area contributed by atoms with Crippen LogP contribution in [0.15, 0.2) is 0 Å². The summed E-state index contributed by atoms with van der Waals surface area (Å²) in [6, 6.07) is 0. The third-order valence-electron chi connectivity index (χ3n) is 4.88. The number of nitrogens with zero attached hydrogens (tertiary/aromatic N) is 1. The number of β-amino-alcohol motifs (C(OH)–C–C–N with tert-alkyl or cyclic N) is 1. The van der Waals surface area contributed by atoms with Gasteiger partial charge in [-0.1, -0.05) is 34.6 Å². The molecule has 1 atom stereocenters. The second-order valence-electron chi connectivity index (χ2n) is 7.20. The molecule has 2 heteroatoms. The highest BCUT2D eigenvalue weighted by Gasteiger charge is 2.30. The largest absolute Gasteiger partial charge is 0.389 e. The summed E-state index contributed by atoms with van der Waals surface area (Å²) in [4.78, 5) is 2.48. The fraction of sp³-hybridized carbons (Fsp3) is 1.00. The minimum atomic E-state index is -0.471. The molecule has 0 aromatic rings. The SMILES string of the molecule is CCC(O)(CC)CN1CCCC(C(C)(C)C)CC1. The molecule has 0 aromatic carbocycles. The first kappa shape index (κ1) is 16.0. The summed E-state index contributed by atoms with van der Waals surface area (Å²) in [6.07, 6.45) is 5.64. The van der Waals surface area contributed by atoms with Crippen LogP contribution in [0, 0.1) is 11.3 Å². The van der Waals surface area contributed by atoms with Crippen LogP contribution in [0.2, 0.25) is 0 Å². The highest BCUT2D eigenvalue weighted by Crippen LogP contribution is 2.34. The Hall–Kier alpha value is -0.0800. The summed E-state index contributed by atoms with van der Waals surface area (Å²) in [5.74, 6) is 0.832. The Morgan fingerprint density at radius 2 is 1.67 bits per heavy atom. The molecule has 0 amide bonds. The normalized spacial score (nSPS) is 24.0. The van der Waals surface area contributed by atoms with E-state index in [2.05, 4.69) is 39.5 Å². The smallest absolute Gasteiger partial charge is 0.0768 e. The molecule has 2 nitrogen and oxygen atoms in total. The summed E-state index contributed by atoms with van der Waals surface area (Å²) >= 11 is 0. The first-order chi connectivity index (χ1) is 8.30. The molecule has 0 bridgehead atoms. The van der Waals surface area contributed by atoms with Crippen LogP contribution in [0.1, 0.15) is 66.7 Å². The number of aliphatic hydroxyl groups is 1. The van der Waals surface area contributed by atoms with Crippen molar-refractivity contribution in [3.05, 3.63) is 0 Å². The predicted molar refractivity (Wildman–Crippen MR) is 78.8 cm³/mol. The molecule has 0 aliphatic carbocycles. The lowest BCUT2D eigenvalue weighted by atomic mass is 9.77. The molecule has 0 aromatic heterocycles. The summed E-state index contributed by atoms with van der Waals surface area (Å²) < 4.78 is 0. The van der Waals surface area contributed by atoms with Crippen molar-refractivity contribution in [1.82, 2.24) is 4.90 Å². The molecular weight excluding hydrogens is 222 g/mol. The van der Waals surface area contributed by atoms with E-state index in [1.165, 1.54) is 19.3 Å². The molecule has 1 fully saturated rings. The van der Waals surface area contributed by atoms with Crippen molar-refractivity contribution in [3.8, 4) is 0 Å². The predicted octanol–water partition coefficient (Wildman–Crippen LogP) is 3.69. The van der Waals surface area contributed by atoms with Gasteiger partial charge < -0.3 is 10.0 Å². The maximum absolute atomic E-state index is 10.5. The van der Waals surface area contributed by atoms with Gasteiger partial charge in [0, 0.05) is 6.54 Å². The Morgan fingerprint density at radius 3 is 2.17 bits per heavy atom. The van der Waals surface area contributed by atoms with Gasteiger partial charge in [-0.25, -0.2) is 0 Å². The van der Waals surface area contributed by atoms with E-state index in [0.717, 1.165) is 38.4 Å². The Kier molecular flexibility index (Phi) is 5.67. The molecule has 0 radical (unpaired) electrons. The van der Waals surface area contributed by atoms with E-state index in [9.17, 15) is 5.11 Å². The van der Waals surface area contributed by atoms with Gasteiger partial charge in [0.25, 0.3) is 0 Å².